The third-order valence-electron chi connectivity index (χ3n) is 4.00. The number of hydrogen-bond acceptors (Lipinski definition) is 3. The second-order valence-corrected chi connectivity index (χ2v) is 6.63. The van der Waals surface area contributed by atoms with Crippen molar-refractivity contribution in [3.63, 3.8) is 0 Å². The Hall–Kier alpha value is -1.66. The molecule has 1 saturated carbocycles. The zero-order valence-corrected chi connectivity index (χ0v) is 13.8. The highest BCUT2D eigenvalue weighted by Gasteiger charge is 2.21. The zero-order valence-electron chi connectivity index (χ0n) is 12.2. The first kappa shape index (κ1) is 15.2. The first-order valence-corrected chi connectivity index (χ1v) is 8.29. The normalized spacial score (nSPS) is 21.5. The first-order valence-electron chi connectivity index (χ1n) is 7.50. The number of rotatable bonds is 3. The molecule has 1 aromatic carbocycles. The molecule has 0 spiro atoms. The predicted octanol–water partition coefficient (Wildman–Crippen LogP) is 2.63. The van der Waals surface area contributed by atoms with Crippen LogP contribution in [0.15, 0.2) is 41.0 Å². The number of halogens is 1. The van der Waals surface area contributed by atoms with Gasteiger partial charge in [-0.1, -0.05) is 22.0 Å². The van der Waals surface area contributed by atoms with E-state index >= 15 is 0 Å². The third kappa shape index (κ3) is 3.56. The summed E-state index contributed by atoms with van der Waals surface area (Å²) in [5.41, 5.74) is 7.24. The van der Waals surface area contributed by atoms with Crippen LogP contribution in [0.1, 0.15) is 36.2 Å². The van der Waals surface area contributed by atoms with E-state index in [9.17, 15) is 4.79 Å². The highest BCUT2D eigenvalue weighted by atomic mass is 79.9. The van der Waals surface area contributed by atoms with Crippen LogP contribution < -0.4 is 11.1 Å². The van der Waals surface area contributed by atoms with E-state index in [1.807, 2.05) is 24.3 Å². The van der Waals surface area contributed by atoms with Crippen LogP contribution in [0.5, 0.6) is 0 Å². The lowest BCUT2D eigenvalue weighted by molar-refractivity contribution is 0.0920. The average Bonchev–Trinajstić information content (AvgIpc) is 3.00. The molecule has 0 saturated heterocycles. The number of nitrogens with zero attached hydrogens (tertiary/aromatic N) is 2. The Kier molecular flexibility index (Phi) is 4.59. The van der Waals surface area contributed by atoms with Crippen LogP contribution >= 0.6 is 15.9 Å². The van der Waals surface area contributed by atoms with Crippen molar-refractivity contribution in [2.75, 3.05) is 0 Å². The van der Waals surface area contributed by atoms with Crippen LogP contribution in [0.4, 0.5) is 0 Å². The zero-order chi connectivity index (χ0) is 15.5. The van der Waals surface area contributed by atoms with Crippen LogP contribution in [-0.4, -0.2) is 27.8 Å². The molecular weight excluding hydrogens is 344 g/mol. The van der Waals surface area contributed by atoms with E-state index in [1.54, 1.807) is 16.9 Å². The molecule has 5 nitrogen and oxygen atoms in total. The van der Waals surface area contributed by atoms with Crippen molar-refractivity contribution in [2.45, 2.75) is 37.8 Å². The number of nitrogens with one attached hydrogen (secondary N) is 1. The molecule has 1 amide bonds. The van der Waals surface area contributed by atoms with Gasteiger partial charge in [-0.3, -0.25) is 4.79 Å². The van der Waals surface area contributed by atoms with Crippen LogP contribution in [0, 0.1) is 0 Å². The van der Waals surface area contributed by atoms with E-state index in [0.717, 1.165) is 35.8 Å². The summed E-state index contributed by atoms with van der Waals surface area (Å²) in [5, 5.41) is 7.41. The molecule has 1 aliphatic carbocycles. The van der Waals surface area contributed by atoms with Gasteiger partial charge < -0.3 is 11.1 Å². The molecule has 1 fully saturated rings. The minimum absolute atomic E-state index is 0.116. The number of amides is 1. The Morgan fingerprint density at radius 3 is 2.77 bits per heavy atom. The van der Waals surface area contributed by atoms with Gasteiger partial charge in [0.1, 0.15) is 0 Å². The predicted molar refractivity (Wildman–Crippen MR) is 89.0 cm³/mol. The van der Waals surface area contributed by atoms with Crippen molar-refractivity contribution in [2.24, 2.45) is 5.73 Å². The number of carbonyl (C=O) groups is 1. The van der Waals surface area contributed by atoms with Crippen LogP contribution in [0.3, 0.4) is 0 Å². The summed E-state index contributed by atoms with van der Waals surface area (Å²) in [4.78, 5) is 12.3. The summed E-state index contributed by atoms with van der Waals surface area (Å²) >= 11 is 3.44. The van der Waals surface area contributed by atoms with Gasteiger partial charge in [0.2, 0.25) is 0 Å². The van der Waals surface area contributed by atoms with Gasteiger partial charge in [-0.05, 0) is 49.9 Å². The van der Waals surface area contributed by atoms with Gasteiger partial charge in [0.05, 0.1) is 5.69 Å². The number of benzene rings is 1. The van der Waals surface area contributed by atoms with Gasteiger partial charge in [0.15, 0.2) is 5.69 Å². The van der Waals surface area contributed by atoms with Crippen LogP contribution in [-0.2, 0) is 0 Å². The molecule has 22 heavy (non-hydrogen) atoms. The van der Waals surface area contributed by atoms with Crippen LogP contribution in [0.25, 0.3) is 5.69 Å². The van der Waals surface area contributed by atoms with E-state index < -0.39 is 0 Å². The molecular formula is C16H19BrN4O. The second-order valence-electron chi connectivity index (χ2n) is 5.71. The largest absolute Gasteiger partial charge is 0.348 e. The lowest BCUT2D eigenvalue weighted by Gasteiger charge is -2.26. The van der Waals surface area contributed by atoms with E-state index in [0.29, 0.717) is 5.69 Å². The lowest BCUT2D eigenvalue weighted by Crippen LogP contribution is -2.40. The van der Waals surface area contributed by atoms with Gasteiger partial charge in [0, 0.05) is 22.8 Å². The molecule has 0 atom stereocenters. The van der Waals surface area contributed by atoms with E-state index in [-0.39, 0.29) is 18.0 Å². The lowest BCUT2D eigenvalue weighted by atomic mass is 9.92. The molecule has 0 unspecified atom stereocenters. The maximum atomic E-state index is 12.3. The summed E-state index contributed by atoms with van der Waals surface area (Å²) in [6.07, 6.45) is 5.63. The van der Waals surface area contributed by atoms with Crippen molar-refractivity contribution in [3.05, 3.63) is 46.7 Å². The highest BCUT2D eigenvalue weighted by molar-refractivity contribution is 9.10. The topological polar surface area (TPSA) is 72.9 Å². The molecule has 1 aromatic heterocycles. The van der Waals surface area contributed by atoms with Crippen molar-refractivity contribution in [1.29, 1.82) is 0 Å². The van der Waals surface area contributed by atoms with Crippen LogP contribution in [0.2, 0.25) is 0 Å². The Morgan fingerprint density at radius 1 is 1.27 bits per heavy atom. The molecule has 0 bridgehead atoms. The Bertz CT molecular complexity index is 662. The smallest absolute Gasteiger partial charge is 0.272 e. The maximum absolute atomic E-state index is 12.3. The first-order chi connectivity index (χ1) is 10.6. The highest BCUT2D eigenvalue weighted by Crippen LogP contribution is 2.18. The Labute approximate surface area is 138 Å². The van der Waals surface area contributed by atoms with Crippen molar-refractivity contribution in [1.82, 2.24) is 15.1 Å². The van der Waals surface area contributed by atoms with Gasteiger partial charge in [-0.25, -0.2) is 4.68 Å². The molecule has 3 N–H and O–H groups in total. The molecule has 3 rings (SSSR count). The minimum Gasteiger partial charge on any atom is -0.348 e. The fourth-order valence-electron chi connectivity index (χ4n) is 2.73. The van der Waals surface area contributed by atoms with E-state index in [2.05, 4.69) is 26.3 Å². The maximum Gasteiger partial charge on any atom is 0.272 e. The summed E-state index contributed by atoms with van der Waals surface area (Å²) < 4.78 is 2.68. The number of carbonyl (C=O) groups excluding carboxylic acids is 1. The molecule has 0 radical (unpaired) electrons. The van der Waals surface area contributed by atoms with E-state index in [1.165, 1.54) is 0 Å². The molecule has 116 valence electrons. The van der Waals surface area contributed by atoms with Gasteiger partial charge in [-0.2, -0.15) is 5.10 Å². The molecule has 0 aliphatic heterocycles. The SMILES string of the molecule is NC1CCC(NC(=O)c2ccn(-c3cccc(Br)c3)n2)CC1. The fourth-order valence-corrected chi connectivity index (χ4v) is 3.12. The summed E-state index contributed by atoms with van der Waals surface area (Å²) in [6, 6.07) is 10.0. The fraction of sp³-hybridized carbons (Fsp3) is 0.375. The number of aromatic nitrogens is 2. The quantitative estimate of drug-likeness (QED) is 0.881. The molecule has 2 aromatic rings. The van der Waals surface area contributed by atoms with Crippen molar-refractivity contribution < 1.29 is 4.79 Å². The summed E-state index contributed by atoms with van der Waals surface area (Å²) in [6.45, 7) is 0. The summed E-state index contributed by atoms with van der Waals surface area (Å²) in [5.74, 6) is -0.116. The second kappa shape index (κ2) is 6.62. The standard InChI is InChI=1S/C16H19BrN4O/c17-11-2-1-3-14(10-11)21-9-8-15(20-21)16(22)19-13-6-4-12(18)5-7-13/h1-3,8-10,12-13H,4-7,18H2,(H,19,22). The average molecular weight is 363 g/mol. The summed E-state index contributed by atoms with van der Waals surface area (Å²) in [7, 11) is 0. The molecule has 6 heteroatoms. The van der Waals surface area contributed by atoms with Gasteiger partial charge in [0.25, 0.3) is 5.91 Å². The number of nitrogens with two attached hydrogens (primary N) is 1. The van der Waals surface area contributed by atoms with Gasteiger partial charge in [-0.15, -0.1) is 0 Å². The van der Waals surface area contributed by atoms with Gasteiger partial charge >= 0.3 is 0 Å². The van der Waals surface area contributed by atoms with E-state index in [4.69, 9.17) is 5.73 Å². The molecule has 1 heterocycles. The molecule has 1 aliphatic rings. The Morgan fingerprint density at radius 2 is 2.05 bits per heavy atom. The third-order valence-corrected chi connectivity index (χ3v) is 4.49. The monoisotopic (exact) mass is 362 g/mol. The number of hydrogen-bond donors (Lipinski definition) is 2. The van der Waals surface area contributed by atoms with Crippen molar-refractivity contribution in [3.8, 4) is 5.69 Å². The minimum atomic E-state index is -0.116. The Balaban J connectivity index is 1.67. The van der Waals surface area contributed by atoms with Crippen molar-refractivity contribution >= 4 is 21.8 Å².